The molecule has 6 unspecified atom stereocenters. The Morgan fingerprint density at radius 2 is 1.55 bits per heavy atom. The van der Waals surface area contributed by atoms with Crippen LogP contribution in [-0.2, 0) is 26.2 Å². The van der Waals surface area contributed by atoms with Crippen LogP contribution in [-0.4, -0.2) is 38.5 Å². The van der Waals surface area contributed by atoms with E-state index in [1.54, 1.807) is 59.5 Å². The molecule has 4 amide bonds. The minimum atomic E-state index is -1.28. The zero-order valence-corrected chi connectivity index (χ0v) is 32.8. The lowest BCUT2D eigenvalue weighted by Crippen LogP contribution is -2.49. The molecule has 280 valence electrons. The number of phenols is 1. The monoisotopic (exact) mass is 800 g/mol. The van der Waals surface area contributed by atoms with Gasteiger partial charge in [0, 0.05) is 39.2 Å². The van der Waals surface area contributed by atoms with Crippen LogP contribution in [0.5, 0.6) is 5.75 Å². The molecule has 10 rings (SSSR count). The predicted molar refractivity (Wildman–Crippen MR) is 218 cm³/mol. The molecule has 2 aliphatic heterocycles. The van der Waals surface area contributed by atoms with Gasteiger partial charge in [-0.05, 0) is 103 Å². The van der Waals surface area contributed by atoms with E-state index in [1.165, 1.54) is 9.80 Å². The number of carbonyl (C=O) groups excluding carboxylic acids is 4. The second-order valence-corrected chi connectivity index (χ2v) is 17.5. The Morgan fingerprint density at radius 1 is 0.821 bits per heavy atom. The first-order valence-electron chi connectivity index (χ1n) is 18.5. The van der Waals surface area contributed by atoms with Crippen molar-refractivity contribution in [2.75, 3.05) is 9.80 Å². The van der Waals surface area contributed by atoms with Crippen molar-refractivity contribution in [2.45, 2.75) is 32.6 Å². The number of phenolic OH excluding ortho intramolecular Hbond substituents is 1. The molecule has 4 aromatic carbocycles. The molecule has 1 N–H and O–H groups in total. The Hall–Kier alpha value is -5.29. The quantitative estimate of drug-likeness (QED) is 0.141. The van der Waals surface area contributed by atoms with Crippen molar-refractivity contribution in [3.8, 4) is 16.3 Å². The highest BCUT2D eigenvalue weighted by Crippen LogP contribution is 2.64. The lowest BCUT2D eigenvalue weighted by molar-refractivity contribution is -0.131. The van der Waals surface area contributed by atoms with Gasteiger partial charge in [0.15, 0.2) is 0 Å². The minimum Gasteiger partial charge on any atom is -0.507 e. The summed E-state index contributed by atoms with van der Waals surface area (Å²) in [5, 5.41) is 19.3. The number of aromatic hydroxyl groups is 1. The minimum absolute atomic E-state index is 0.0999. The maximum Gasteiger partial charge on any atom is 0.242 e. The number of halogens is 2. The third kappa shape index (κ3) is 4.75. The van der Waals surface area contributed by atoms with E-state index in [0.717, 1.165) is 37.0 Å². The number of rotatable bonds is 4. The SMILES string of the molecule is Cc1c(-c2cc(N3C(=O)C4CC5C(=CCC6C(=O)N(c7ccc(Cl)cc7)C(=O)C65)C(c5ccc(O)c6ccccc56)C4(C)C3=O)n(C)n2)sc2ccc(Cl)cc12. The Morgan fingerprint density at radius 3 is 2.32 bits per heavy atom. The molecule has 2 aliphatic carbocycles. The number of aromatic nitrogens is 2. The first kappa shape index (κ1) is 35.1. The van der Waals surface area contributed by atoms with Gasteiger partial charge < -0.3 is 5.11 Å². The van der Waals surface area contributed by atoms with Crippen molar-refractivity contribution in [3.05, 3.63) is 118 Å². The van der Waals surface area contributed by atoms with Gasteiger partial charge in [0.1, 0.15) is 17.3 Å². The molecule has 56 heavy (non-hydrogen) atoms. The largest absolute Gasteiger partial charge is 0.507 e. The fraction of sp³-hybridized carbons (Fsp3) is 0.250. The van der Waals surface area contributed by atoms with Gasteiger partial charge in [-0.15, -0.1) is 11.3 Å². The molecule has 4 aliphatic rings. The van der Waals surface area contributed by atoms with E-state index in [9.17, 15) is 14.7 Å². The molecular formula is C44H34Cl2N4O5S. The summed E-state index contributed by atoms with van der Waals surface area (Å²) in [6, 6.07) is 25.1. The molecule has 0 bridgehead atoms. The molecule has 0 spiro atoms. The summed E-state index contributed by atoms with van der Waals surface area (Å²) < 4.78 is 2.63. The van der Waals surface area contributed by atoms with Crippen LogP contribution < -0.4 is 9.80 Å². The second-order valence-electron chi connectivity index (χ2n) is 15.6. The van der Waals surface area contributed by atoms with Crippen molar-refractivity contribution < 1.29 is 24.3 Å². The number of fused-ring (bicyclic) bond motifs is 6. The molecule has 1 saturated carbocycles. The van der Waals surface area contributed by atoms with E-state index in [0.29, 0.717) is 39.1 Å². The fourth-order valence-electron chi connectivity index (χ4n) is 10.2. The number of allylic oxidation sites excluding steroid dienone is 2. The molecule has 6 aromatic rings. The van der Waals surface area contributed by atoms with E-state index >= 15 is 9.59 Å². The lowest BCUT2D eigenvalue weighted by Gasteiger charge is -2.49. The average Bonchev–Trinajstić information content (AvgIpc) is 3.86. The van der Waals surface area contributed by atoms with Crippen LogP contribution in [0, 0.1) is 36.0 Å². The highest BCUT2D eigenvalue weighted by Gasteiger charge is 2.68. The summed E-state index contributed by atoms with van der Waals surface area (Å²) in [6.07, 6.45) is 2.57. The smallest absolute Gasteiger partial charge is 0.242 e. The molecule has 0 radical (unpaired) electrons. The van der Waals surface area contributed by atoms with Crippen LogP contribution in [0.3, 0.4) is 0 Å². The molecule has 3 fully saturated rings. The molecule has 6 atom stereocenters. The molecule has 4 heterocycles. The van der Waals surface area contributed by atoms with Crippen LogP contribution >= 0.6 is 34.5 Å². The van der Waals surface area contributed by atoms with Crippen LogP contribution in [0.4, 0.5) is 11.5 Å². The summed E-state index contributed by atoms with van der Waals surface area (Å²) in [5.74, 6) is -4.18. The summed E-state index contributed by atoms with van der Waals surface area (Å²) in [5.41, 5.74) is 2.46. The predicted octanol–water partition coefficient (Wildman–Crippen LogP) is 9.21. The van der Waals surface area contributed by atoms with Crippen molar-refractivity contribution in [2.24, 2.45) is 36.1 Å². The van der Waals surface area contributed by atoms with Crippen LogP contribution in [0.15, 0.2) is 96.6 Å². The van der Waals surface area contributed by atoms with Crippen LogP contribution in [0.2, 0.25) is 10.0 Å². The Bertz CT molecular complexity index is 2770. The number of aryl methyl sites for hydroxylation is 2. The van der Waals surface area contributed by atoms with Crippen molar-refractivity contribution >= 4 is 90.5 Å². The first-order valence-corrected chi connectivity index (χ1v) is 20.1. The van der Waals surface area contributed by atoms with Gasteiger partial charge in [0.05, 0.1) is 33.7 Å². The molecule has 12 heteroatoms. The summed E-state index contributed by atoms with van der Waals surface area (Å²) >= 11 is 14.1. The van der Waals surface area contributed by atoms with Gasteiger partial charge in [0.25, 0.3) is 0 Å². The van der Waals surface area contributed by atoms with Crippen molar-refractivity contribution in [3.63, 3.8) is 0 Å². The standard InChI is InChI=1S/C44H34Cl2N4O5S/c1-21-30-18-23(46)10-17-35(30)56-39(21)33-20-36(48(3)47-33)50-41(53)32-19-31-28(13-14-29-37(31)42(54)49(40(29)52)24-11-8-22(45)9-12-24)38(44(32,2)43(50)55)27-15-16-34(51)26-7-5-4-6-25(26)27/h4-13,15-18,20,29,31-32,37-38,51H,14,19H2,1-3H3. The zero-order chi connectivity index (χ0) is 38.9. The third-order valence-electron chi connectivity index (χ3n) is 12.8. The van der Waals surface area contributed by atoms with E-state index in [2.05, 4.69) is 0 Å². The normalized spacial score (nSPS) is 25.9. The highest BCUT2D eigenvalue weighted by atomic mass is 35.5. The van der Waals surface area contributed by atoms with Crippen molar-refractivity contribution in [1.82, 2.24) is 9.78 Å². The Kier molecular flexibility index (Phi) is 7.75. The topological polar surface area (TPSA) is 113 Å². The summed E-state index contributed by atoms with van der Waals surface area (Å²) in [4.78, 5) is 62.4. The Labute approximate surface area is 335 Å². The van der Waals surface area contributed by atoms with Crippen LogP contribution in [0.1, 0.15) is 36.8 Å². The number of carbonyl (C=O) groups is 4. The van der Waals surface area contributed by atoms with E-state index in [-0.39, 0.29) is 35.8 Å². The number of anilines is 2. The van der Waals surface area contributed by atoms with Gasteiger partial charge in [-0.1, -0.05) is 65.2 Å². The average molecular weight is 802 g/mol. The van der Waals surface area contributed by atoms with Gasteiger partial charge in [0.2, 0.25) is 23.6 Å². The number of hydrogen-bond acceptors (Lipinski definition) is 7. The van der Waals surface area contributed by atoms with Gasteiger partial charge >= 0.3 is 0 Å². The number of benzene rings is 4. The fourth-order valence-corrected chi connectivity index (χ4v) is 11.6. The zero-order valence-electron chi connectivity index (χ0n) is 30.5. The van der Waals surface area contributed by atoms with Gasteiger partial charge in [-0.25, -0.2) is 4.90 Å². The maximum atomic E-state index is 15.3. The van der Waals surface area contributed by atoms with Crippen LogP contribution in [0.25, 0.3) is 31.4 Å². The van der Waals surface area contributed by atoms with E-state index in [4.69, 9.17) is 28.3 Å². The summed E-state index contributed by atoms with van der Waals surface area (Å²) in [7, 11) is 1.73. The number of amides is 4. The number of imide groups is 2. The maximum absolute atomic E-state index is 15.3. The van der Waals surface area contributed by atoms with Gasteiger partial charge in [-0.3, -0.25) is 28.8 Å². The lowest BCUT2D eigenvalue weighted by atomic mass is 9.51. The number of thiophene rings is 1. The van der Waals surface area contributed by atoms with Gasteiger partial charge in [-0.2, -0.15) is 5.10 Å². The first-order chi connectivity index (χ1) is 26.9. The number of nitrogens with zero attached hydrogens (tertiary/aromatic N) is 4. The molecule has 2 saturated heterocycles. The third-order valence-corrected chi connectivity index (χ3v) is 14.6. The molecular weight excluding hydrogens is 767 g/mol. The van der Waals surface area contributed by atoms with E-state index < -0.39 is 35.0 Å². The molecule has 2 aromatic heterocycles. The summed E-state index contributed by atoms with van der Waals surface area (Å²) in [6.45, 7) is 3.88. The highest BCUT2D eigenvalue weighted by molar-refractivity contribution is 7.22. The Balaban J connectivity index is 1.12. The second kappa shape index (κ2) is 12.4. The molecule has 9 nitrogen and oxygen atoms in total. The van der Waals surface area contributed by atoms with E-state index in [1.807, 2.05) is 68.5 Å². The number of hydrogen-bond donors (Lipinski definition) is 1. The van der Waals surface area contributed by atoms with Crippen molar-refractivity contribution in [1.29, 1.82) is 0 Å².